The number of amides is 3. The summed E-state index contributed by atoms with van der Waals surface area (Å²) in [6.07, 6.45) is 2.39. The minimum absolute atomic E-state index is 0.00276. The highest BCUT2D eigenvalue weighted by Crippen LogP contribution is 2.42. The monoisotopic (exact) mass is 1140 g/mol. The number of nitrogens with one attached hydrogen (secondary N) is 1. The van der Waals surface area contributed by atoms with Gasteiger partial charge in [0.15, 0.2) is 11.6 Å². The van der Waals surface area contributed by atoms with Crippen molar-refractivity contribution in [1.82, 2.24) is 35.0 Å². The number of hydrogen-bond donors (Lipinski definition) is 2. The first-order valence-corrected chi connectivity index (χ1v) is 29.1. The van der Waals surface area contributed by atoms with E-state index in [9.17, 15) is 29.5 Å². The fraction of sp³-hybridized carbons (Fsp3) is 0.452. The van der Waals surface area contributed by atoms with Crippen LogP contribution in [0.1, 0.15) is 82.5 Å². The molecule has 6 aromatic rings. The van der Waals surface area contributed by atoms with E-state index in [0.717, 1.165) is 64.0 Å². The Morgan fingerprint density at radius 3 is 2.44 bits per heavy atom. The van der Waals surface area contributed by atoms with E-state index >= 15 is 4.39 Å². The summed E-state index contributed by atoms with van der Waals surface area (Å²) in [4.78, 5) is 76.7. The molecule has 16 nitrogen and oxygen atoms in total. The Morgan fingerprint density at radius 2 is 1.75 bits per heavy atom. The summed E-state index contributed by atoms with van der Waals surface area (Å²) in [6, 6.07) is 21.4. The van der Waals surface area contributed by atoms with Crippen molar-refractivity contribution in [2.75, 3.05) is 70.5 Å². The number of aliphatic hydroxyl groups is 1. The molecule has 0 spiro atoms. The number of thiazole rings is 1. The molecule has 3 aliphatic rings. The van der Waals surface area contributed by atoms with Crippen molar-refractivity contribution in [3.05, 3.63) is 113 Å². The molecule has 0 radical (unpaired) electrons. The van der Waals surface area contributed by atoms with Crippen LogP contribution in [0.2, 0.25) is 5.02 Å². The maximum Gasteiger partial charge on any atom is 0.319 e. The van der Waals surface area contributed by atoms with E-state index in [0.29, 0.717) is 36.5 Å². The molecule has 9 rings (SSSR count). The van der Waals surface area contributed by atoms with Crippen molar-refractivity contribution in [3.63, 3.8) is 0 Å². The van der Waals surface area contributed by atoms with E-state index < -0.39 is 47.3 Å². The number of fused-ring (bicyclic) bond motifs is 2. The van der Waals surface area contributed by atoms with Crippen molar-refractivity contribution in [3.8, 4) is 33.6 Å². The molecule has 4 aromatic carbocycles. The van der Waals surface area contributed by atoms with Crippen LogP contribution in [0.15, 0.2) is 84.9 Å². The third-order valence-electron chi connectivity index (χ3n) is 16.1. The Hall–Kier alpha value is -6.88. The van der Waals surface area contributed by atoms with Gasteiger partial charge < -0.3 is 34.6 Å². The second-order valence-corrected chi connectivity index (χ2v) is 24.1. The van der Waals surface area contributed by atoms with Gasteiger partial charge in [0.25, 0.3) is 0 Å². The van der Waals surface area contributed by atoms with E-state index in [2.05, 4.69) is 32.8 Å². The van der Waals surface area contributed by atoms with Crippen LogP contribution in [-0.2, 0) is 23.9 Å². The van der Waals surface area contributed by atoms with Gasteiger partial charge in [0.2, 0.25) is 17.7 Å². The number of rotatable bonds is 19. The molecule has 5 heterocycles. The number of β-amino-alcohol motifs (C(OH)–C–C–N with tert-alkyl or cyclic N) is 1. The first-order chi connectivity index (χ1) is 38.8. The number of hydrogen-bond acceptors (Lipinski definition) is 14. The lowest BCUT2D eigenvalue weighted by molar-refractivity contribution is -0.144. The zero-order valence-corrected chi connectivity index (χ0v) is 48.5. The summed E-state index contributed by atoms with van der Waals surface area (Å²) in [5.74, 6) is -1.43. The molecule has 426 valence electrons. The topological polar surface area (TPSA) is 194 Å². The van der Waals surface area contributed by atoms with Crippen LogP contribution in [0.25, 0.3) is 43.2 Å². The second-order valence-electron chi connectivity index (χ2n) is 22.8. The first-order valence-electron chi connectivity index (χ1n) is 27.8. The predicted molar refractivity (Wildman–Crippen MR) is 314 cm³/mol. The van der Waals surface area contributed by atoms with Gasteiger partial charge in [-0.15, -0.1) is 11.3 Å². The van der Waals surface area contributed by atoms with E-state index in [1.54, 1.807) is 22.3 Å². The molecule has 5 atom stereocenters. The lowest BCUT2D eigenvalue weighted by atomic mass is 9.85. The molecule has 3 aliphatic heterocycles. The van der Waals surface area contributed by atoms with Crippen molar-refractivity contribution in [2.24, 2.45) is 11.3 Å². The molecule has 0 bridgehead atoms. The fourth-order valence-corrected chi connectivity index (χ4v) is 12.7. The highest BCUT2D eigenvalue weighted by atomic mass is 35.5. The number of carbonyl (C=O) groups is 4. The van der Waals surface area contributed by atoms with Crippen molar-refractivity contribution in [2.45, 2.75) is 104 Å². The summed E-state index contributed by atoms with van der Waals surface area (Å²) in [7, 11) is 0. The molecule has 3 saturated heterocycles. The first kappa shape index (κ1) is 58.8. The molecular weight excluding hydrogens is 1070 g/mol. The Balaban J connectivity index is 0.795. The number of carbonyl (C=O) groups excluding carboxylic acids is 4. The molecule has 3 amide bonds. The van der Waals surface area contributed by atoms with E-state index in [1.807, 2.05) is 113 Å². The van der Waals surface area contributed by atoms with Crippen molar-refractivity contribution < 1.29 is 38.1 Å². The molecule has 3 fully saturated rings. The predicted octanol–water partition coefficient (Wildman–Crippen LogP) is 9.46. The number of benzene rings is 4. The number of piperidine rings is 1. The van der Waals surface area contributed by atoms with Gasteiger partial charge in [0.1, 0.15) is 30.6 Å². The van der Waals surface area contributed by atoms with Crippen LogP contribution in [0.5, 0.6) is 6.01 Å². The van der Waals surface area contributed by atoms with E-state index in [4.69, 9.17) is 26.1 Å². The van der Waals surface area contributed by atoms with Crippen molar-refractivity contribution in [1.29, 1.82) is 5.26 Å². The SMILES string of the molecule is C=CC(=O)N1CCN(c2nc(OCCN3CCC(COCC(=O)N[C@H](C(=O)N4C[C@H](O)C[C@H]4C(=O)C[C@@H](C)c4ccc(-c5scnc5C)cc4)C(C)(C)C)CC3)nc3c(F)c(-c4cccc5cccc(C)c45)c(Cl)cc23)C[C@@H]1CC#N. The molecule has 2 aromatic heterocycles. The maximum absolute atomic E-state index is 17.3. The summed E-state index contributed by atoms with van der Waals surface area (Å²) < 4.78 is 29.6. The lowest BCUT2D eigenvalue weighted by Gasteiger charge is -2.41. The molecule has 81 heavy (non-hydrogen) atoms. The minimum atomic E-state index is -0.965. The van der Waals surface area contributed by atoms with Gasteiger partial charge in [0, 0.05) is 56.5 Å². The number of nitriles is 1. The van der Waals surface area contributed by atoms with Gasteiger partial charge in [-0.25, -0.2) is 9.37 Å². The number of Topliss-reactive ketones (excluding diaryl/α,β-unsaturated/α-hetero) is 1. The molecule has 0 unspecified atom stereocenters. The largest absolute Gasteiger partial charge is 0.462 e. The Bertz CT molecular complexity index is 3350. The minimum Gasteiger partial charge on any atom is -0.462 e. The van der Waals surface area contributed by atoms with Crippen LogP contribution in [0.4, 0.5) is 10.2 Å². The second kappa shape index (κ2) is 25.5. The van der Waals surface area contributed by atoms with Crippen LogP contribution >= 0.6 is 22.9 Å². The van der Waals surface area contributed by atoms with Gasteiger partial charge in [-0.1, -0.05) is 107 Å². The highest BCUT2D eigenvalue weighted by molar-refractivity contribution is 7.13. The number of aryl methyl sites for hydroxylation is 2. The zero-order valence-electron chi connectivity index (χ0n) is 46.9. The summed E-state index contributed by atoms with van der Waals surface area (Å²) in [5.41, 5.74) is 5.99. The molecule has 0 aliphatic carbocycles. The average Bonchev–Trinajstić information content (AvgIpc) is 4.12. The number of aromatic nitrogens is 3. The molecule has 19 heteroatoms. The number of aliphatic hydroxyl groups excluding tert-OH is 1. The third kappa shape index (κ3) is 13.2. The van der Waals surface area contributed by atoms with Crippen LogP contribution < -0.4 is 15.0 Å². The Kier molecular flexibility index (Phi) is 18.5. The number of anilines is 1. The molecular formula is C62H71ClFN9O7S. The third-order valence-corrected chi connectivity index (χ3v) is 17.3. The Labute approximate surface area is 481 Å². The summed E-state index contributed by atoms with van der Waals surface area (Å²) >= 11 is 8.62. The van der Waals surface area contributed by atoms with Crippen LogP contribution in [0, 0.1) is 42.3 Å². The van der Waals surface area contributed by atoms with Crippen LogP contribution in [0.3, 0.4) is 0 Å². The quantitative estimate of drug-likeness (QED) is 0.0729. The fourth-order valence-electron chi connectivity index (χ4n) is 11.6. The number of ketones is 1. The normalized spacial score (nSPS) is 18.9. The molecule has 0 saturated carbocycles. The van der Waals surface area contributed by atoms with E-state index in [1.165, 1.54) is 11.0 Å². The standard InChI is InChI=1S/C62H71ClFN9O7S/c1-8-52(77)72-26-25-71(32-44(72)19-22-65)59-47-31-48(63)54(46-14-10-13-42-12-9-11-37(2)53(42)46)55(64)56(47)68-61(69-59)80-28-27-70-23-20-40(21-24-70)34-79-35-51(76)67-58(62(5,6)7)60(78)73-33-45(74)30-49(73)50(75)29-38(3)41-15-17-43(18-16-41)57-39(4)66-36-81-57/h8-18,31,36,38,40,44-45,49,58,74H,1,19-21,23-30,32-35H2,2-7H3,(H,67,76)/t38-,44+,45-,49+,58-/m1/s1. The average molecular weight is 1140 g/mol. The van der Waals surface area contributed by atoms with Gasteiger partial charge in [0.05, 0.1) is 58.4 Å². The summed E-state index contributed by atoms with van der Waals surface area (Å²) in [6.45, 7) is 18.4. The van der Waals surface area contributed by atoms with Gasteiger partial charge in [-0.05, 0) is 102 Å². The number of nitrogens with zero attached hydrogens (tertiary/aromatic N) is 8. The molecule has 2 N–H and O–H groups in total. The van der Waals surface area contributed by atoms with Crippen molar-refractivity contribution >= 4 is 73.9 Å². The zero-order chi connectivity index (χ0) is 57.7. The highest BCUT2D eigenvalue weighted by Gasteiger charge is 2.45. The Morgan fingerprint density at radius 1 is 1.01 bits per heavy atom. The van der Waals surface area contributed by atoms with Gasteiger partial charge >= 0.3 is 6.01 Å². The van der Waals surface area contributed by atoms with Gasteiger partial charge in [-0.2, -0.15) is 15.2 Å². The number of ether oxygens (including phenoxy) is 2. The number of piperazine rings is 1. The van der Waals surface area contributed by atoms with Gasteiger partial charge in [-0.3, -0.25) is 24.1 Å². The lowest BCUT2D eigenvalue weighted by Crippen LogP contribution is -2.57. The summed E-state index contributed by atoms with van der Waals surface area (Å²) in [5, 5.41) is 25.8. The smallest absolute Gasteiger partial charge is 0.319 e. The number of halogens is 2. The van der Waals surface area contributed by atoms with E-state index in [-0.39, 0.29) is 97.7 Å². The number of likely N-dealkylation sites (tertiary alicyclic amines) is 2. The van der Waals surface area contributed by atoms with Crippen LogP contribution in [-0.4, -0.2) is 148 Å². The maximum atomic E-state index is 17.3.